The molecule has 0 spiro atoms. The zero-order valence-corrected chi connectivity index (χ0v) is 19.9. The van der Waals surface area contributed by atoms with Crippen LogP contribution in [0, 0.1) is 7.14 Å². The van der Waals surface area contributed by atoms with Gasteiger partial charge in [-0.15, -0.1) is 0 Å². The largest absolute Gasteiger partial charge is 0.544 e. The Morgan fingerprint density at radius 2 is 1.93 bits per heavy atom. The zero-order chi connectivity index (χ0) is 20.7. The fraction of sp³-hybridized carbons (Fsp3) is 0.350. The van der Waals surface area contributed by atoms with Gasteiger partial charge in [-0.1, -0.05) is 0 Å². The van der Waals surface area contributed by atoms with Gasteiger partial charge in [0.15, 0.2) is 5.75 Å². The number of rotatable bonds is 10. The highest BCUT2D eigenvalue weighted by Gasteiger charge is 2.15. The lowest BCUT2D eigenvalue weighted by Gasteiger charge is -2.15. The first-order valence-corrected chi connectivity index (χ1v) is 11.1. The average molecular weight is 611 g/mol. The molecule has 1 unspecified atom stereocenters. The minimum atomic E-state index is -1.16. The lowest BCUT2D eigenvalue weighted by molar-refractivity contribution is -0.437. The normalized spacial score (nSPS) is 12.0. The van der Waals surface area contributed by atoms with Gasteiger partial charge in [0, 0.05) is 19.6 Å². The van der Waals surface area contributed by atoms with Gasteiger partial charge in [0.2, 0.25) is 0 Å². The van der Waals surface area contributed by atoms with E-state index in [2.05, 4.69) is 50.9 Å². The second-order valence-electron chi connectivity index (χ2n) is 6.30. The SMILES string of the molecule is CCOCCCc1cc(Oc2c(I)cc(CC([NH3+])C(=O)[O-])cc2I)ccc1O. The molecule has 0 amide bonds. The van der Waals surface area contributed by atoms with Crippen LogP contribution >= 0.6 is 45.2 Å². The number of aryl methyl sites for hydroxylation is 1. The van der Waals surface area contributed by atoms with Gasteiger partial charge in [-0.25, -0.2) is 0 Å². The number of carboxylic acid groups (broad SMARTS) is 1. The molecule has 0 aromatic heterocycles. The van der Waals surface area contributed by atoms with Crippen LogP contribution in [0.15, 0.2) is 30.3 Å². The van der Waals surface area contributed by atoms with Gasteiger partial charge < -0.3 is 30.2 Å². The monoisotopic (exact) mass is 611 g/mol. The quantitative estimate of drug-likeness (QED) is 0.317. The molecule has 0 saturated heterocycles. The number of hydrogen-bond donors (Lipinski definition) is 2. The lowest BCUT2D eigenvalue weighted by atomic mass is 10.1. The molecule has 2 aromatic rings. The predicted octanol–water partition coefficient (Wildman–Crippen LogP) is 2.27. The molecule has 2 rings (SSSR count). The number of carbonyl (C=O) groups excluding carboxylic acids is 1. The summed E-state index contributed by atoms with van der Waals surface area (Å²) in [6.45, 7) is 3.29. The third-order valence-corrected chi connectivity index (χ3v) is 5.69. The number of quaternary nitrogens is 1. The first-order chi connectivity index (χ1) is 13.3. The number of halogens is 2. The minimum absolute atomic E-state index is 0.243. The summed E-state index contributed by atoms with van der Waals surface area (Å²) in [5, 5.41) is 21.0. The molecular formula is C20H23I2NO5. The van der Waals surface area contributed by atoms with Crippen molar-refractivity contribution < 1.29 is 30.2 Å². The molecule has 1 atom stereocenters. The van der Waals surface area contributed by atoms with E-state index in [-0.39, 0.29) is 5.75 Å². The van der Waals surface area contributed by atoms with Gasteiger partial charge in [0.05, 0.1) is 13.1 Å². The Morgan fingerprint density at radius 3 is 2.54 bits per heavy atom. The van der Waals surface area contributed by atoms with Gasteiger partial charge >= 0.3 is 0 Å². The molecular weight excluding hydrogens is 588 g/mol. The van der Waals surface area contributed by atoms with Crippen LogP contribution in [0.5, 0.6) is 17.2 Å². The highest BCUT2D eigenvalue weighted by atomic mass is 127. The number of ether oxygens (including phenoxy) is 2. The fourth-order valence-corrected chi connectivity index (χ4v) is 4.77. The van der Waals surface area contributed by atoms with Crippen LogP contribution in [0.2, 0.25) is 0 Å². The number of hydrogen-bond acceptors (Lipinski definition) is 5. The van der Waals surface area contributed by atoms with E-state index in [0.717, 1.165) is 24.7 Å². The van der Waals surface area contributed by atoms with Crippen LogP contribution in [0.1, 0.15) is 24.5 Å². The van der Waals surface area contributed by atoms with E-state index in [1.165, 1.54) is 0 Å². The van der Waals surface area contributed by atoms with Crippen molar-refractivity contribution >= 4 is 51.2 Å². The Bertz CT molecular complexity index is 805. The Morgan fingerprint density at radius 1 is 1.25 bits per heavy atom. The fourth-order valence-electron chi connectivity index (χ4n) is 2.65. The smallest absolute Gasteiger partial charge is 0.154 e. The van der Waals surface area contributed by atoms with Crippen LogP contribution in [0.25, 0.3) is 0 Å². The highest BCUT2D eigenvalue weighted by Crippen LogP contribution is 2.35. The van der Waals surface area contributed by atoms with Gasteiger partial charge in [-0.2, -0.15) is 0 Å². The number of benzene rings is 2. The summed E-state index contributed by atoms with van der Waals surface area (Å²) in [6.07, 6.45) is 1.82. The lowest BCUT2D eigenvalue weighted by Crippen LogP contribution is -2.69. The van der Waals surface area contributed by atoms with E-state index in [0.29, 0.717) is 37.6 Å². The molecule has 8 heteroatoms. The van der Waals surface area contributed by atoms with E-state index < -0.39 is 12.0 Å². The Kier molecular flexibility index (Phi) is 9.25. The first kappa shape index (κ1) is 23.2. The van der Waals surface area contributed by atoms with Gasteiger partial charge in [0.1, 0.15) is 17.5 Å². The summed E-state index contributed by atoms with van der Waals surface area (Å²) in [6, 6.07) is 8.18. The van der Waals surface area contributed by atoms with Gasteiger partial charge in [-0.05, 0) is 106 Å². The van der Waals surface area contributed by atoms with Crippen molar-refractivity contribution in [2.45, 2.75) is 32.2 Å². The Labute approximate surface area is 191 Å². The highest BCUT2D eigenvalue weighted by molar-refractivity contribution is 14.1. The summed E-state index contributed by atoms with van der Waals surface area (Å²) >= 11 is 4.34. The molecule has 0 radical (unpaired) electrons. The topological polar surface area (TPSA) is 106 Å². The maximum Gasteiger partial charge on any atom is 0.154 e. The molecule has 0 heterocycles. The van der Waals surface area contributed by atoms with Crippen molar-refractivity contribution in [2.24, 2.45) is 0 Å². The van der Waals surface area contributed by atoms with Crippen LogP contribution in [0.4, 0.5) is 0 Å². The van der Waals surface area contributed by atoms with E-state index in [9.17, 15) is 15.0 Å². The van der Waals surface area contributed by atoms with Crippen molar-refractivity contribution in [2.75, 3.05) is 13.2 Å². The first-order valence-electron chi connectivity index (χ1n) is 8.91. The zero-order valence-electron chi connectivity index (χ0n) is 15.5. The third kappa shape index (κ3) is 6.75. The standard InChI is InChI=1S/C20H23I2NO5/c1-2-27-7-3-4-13-11-14(5-6-18(13)24)28-19-15(21)8-12(9-16(19)22)10-17(23)20(25)26/h5-6,8-9,11,17,24H,2-4,7,10,23H2,1H3,(H,25,26). The number of phenols is 1. The van der Waals surface area contributed by atoms with E-state index >= 15 is 0 Å². The number of phenolic OH excluding ortho intramolecular Hbond substituents is 1. The van der Waals surface area contributed by atoms with Gasteiger partial charge in [0.25, 0.3) is 0 Å². The number of carbonyl (C=O) groups is 1. The third-order valence-electron chi connectivity index (χ3n) is 4.08. The number of aromatic hydroxyl groups is 1. The van der Waals surface area contributed by atoms with Crippen LogP contribution in [0.3, 0.4) is 0 Å². The maximum absolute atomic E-state index is 10.9. The molecule has 0 aliphatic carbocycles. The number of carboxylic acids is 1. The Balaban J connectivity index is 2.15. The van der Waals surface area contributed by atoms with Crippen molar-refractivity contribution in [1.29, 1.82) is 0 Å². The van der Waals surface area contributed by atoms with Crippen molar-refractivity contribution in [3.05, 3.63) is 48.6 Å². The maximum atomic E-state index is 10.9. The molecule has 152 valence electrons. The van der Waals surface area contributed by atoms with Crippen LogP contribution in [-0.4, -0.2) is 30.3 Å². The molecule has 0 bridgehead atoms. The molecule has 0 saturated carbocycles. The van der Waals surface area contributed by atoms with E-state index in [1.54, 1.807) is 12.1 Å². The summed E-state index contributed by atoms with van der Waals surface area (Å²) in [4.78, 5) is 10.9. The van der Waals surface area contributed by atoms with Crippen LogP contribution < -0.4 is 15.6 Å². The number of aliphatic carboxylic acids is 1. The van der Waals surface area contributed by atoms with Gasteiger partial charge in [-0.3, -0.25) is 0 Å². The van der Waals surface area contributed by atoms with Crippen molar-refractivity contribution in [3.8, 4) is 17.2 Å². The molecule has 28 heavy (non-hydrogen) atoms. The van der Waals surface area contributed by atoms with Crippen molar-refractivity contribution in [1.82, 2.24) is 0 Å². The summed E-state index contributed by atoms with van der Waals surface area (Å²) < 4.78 is 13.2. The average Bonchev–Trinajstić information content (AvgIpc) is 2.63. The molecule has 6 nitrogen and oxygen atoms in total. The summed E-state index contributed by atoms with van der Waals surface area (Å²) in [5.41, 5.74) is 5.29. The van der Waals surface area contributed by atoms with E-state index in [4.69, 9.17) is 9.47 Å². The second-order valence-corrected chi connectivity index (χ2v) is 8.63. The van der Waals surface area contributed by atoms with Crippen molar-refractivity contribution in [3.63, 3.8) is 0 Å². The van der Waals surface area contributed by atoms with Crippen LogP contribution in [-0.2, 0) is 22.4 Å². The van der Waals surface area contributed by atoms with E-state index in [1.807, 2.05) is 25.1 Å². The Hall–Kier alpha value is -1.11. The summed E-state index contributed by atoms with van der Waals surface area (Å²) in [7, 11) is 0. The molecule has 4 N–H and O–H groups in total. The summed E-state index contributed by atoms with van der Waals surface area (Å²) in [5.74, 6) is 0.418. The molecule has 0 fully saturated rings. The second kappa shape index (κ2) is 11.2. The minimum Gasteiger partial charge on any atom is -0.544 e. The predicted molar refractivity (Wildman–Crippen MR) is 120 cm³/mol. The molecule has 0 aliphatic rings. The molecule has 0 aliphatic heterocycles. The molecule has 2 aromatic carbocycles.